The normalized spacial score (nSPS) is 12.0. The maximum atomic E-state index is 12.4. The highest BCUT2D eigenvalue weighted by atomic mass is 32.1. The summed E-state index contributed by atoms with van der Waals surface area (Å²) in [4.78, 5) is 10.3. The van der Waals surface area contributed by atoms with Crippen molar-refractivity contribution in [3.63, 3.8) is 0 Å². The van der Waals surface area contributed by atoms with Crippen molar-refractivity contribution in [1.29, 1.82) is 0 Å². The summed E-state index contributed by atoms with van der Waals surface area (Å²) in [5.41, 5.74) is 1.85. The predicted octanol–water partition coefficient (Wildman–Crippen LogP) is 4.01. The first-order chi connectivity index (χ1) is 14.2. The fraction of sp³-hybridized carbons (Fsp3) is 0.500. The number of hydrogen-bond donors (Lipinski definition) is 2. The van der Waals surface area contributed by atoms with Crippen molar-refractivity contribution in [3.8, 4) is 11.5 Å². The number of rotatable bonds is 9. The van der Waals surface area contributed by atoms with Crippen LogP contribution < -0.4 is 20.1 Å². The van der Waals surface area contributed by atoms with Crippen LogP contribution in [-0.2, 0) is 13.0 Å². The summed E-state index contributed by atoms with van der Waals surface area (Å²) in [6, 6.07) is 4.76. The molecule has 0 radical (unpaired) electrons. The zero-order valence-electron chi connectivity index (χ0n) is 17.5. The van der Waals surface area contributed by atoms with E-state index in [4.69, 9.17) is 9.47 Å². The fourth-order valence-electron chi connectivity index (χ4n) is 2.54. The molecule has 0 spiro atoms. The lowest BCUT2D eigenvalue weighted by Gasteiger charge is -2.14. The number of guanidine groups is 1. The second-order valence-corrected chi connectivity index (χ2v) is 7.80. The molecule has 0 fully saturated rings. The van der Waals surface area contributed by atoms with Crippen LogP contribution in [0.1, 0.15) is 28.1 Å². The number of hydrogen-bond acceptors (Lipinski definition) is 5. The van der Waals surface area contributed by atoms with E-state index in [9.17, 15) is 13.2 Å². The van der Waals surface area contributed by atoms with Gasteiger partial charge in [0.2, 0.25) is 0 Å². The molecule has 1 heterocycles. The van der Waals surface area contributed by atoms with Gasteiger partial charge in [0.05, 0.1) is 24.4 Å². The third-order valence-corrected chi connectivity index (χ3v) is 5.22. The molecule has 2 aromatic rings. The van der Waals surface area contributed by atoms with E-state index >= 15 is 0 Å². The number of nitrogens with one attached hydrogen (secondary N) is 2. The zero-order chi connectivity index (χ0) is 22.1. The summed E-state index contributed by atoms with van der Waals surface area (Å²) >= 11 is 1.69. The fourth-order valence-corrected chi connectivity index (χ4v) is 3.47. The molecule has 0 amide bonds. The second kappa shape index (κ2) is 11.1. The Labute approximate surface area is 178 Å². The molecule has 0 unspecified atom stereocenters. The molecule has 30 heavy (non-hydrogen) atoms. The van der Waals surface area contributed by atoms with Crippen molar-refractivity contribution in [2.24, 2.45) is 4.99 Å². The van der Waals surface area contributed by atoms with Crippen LogP contribution in [0, 0.1) is 13.8 Å². The molecular weight excluding hydrogens is 417 g/mol. The van der Waals surface area contributed by atoms with E-state index in [2.05, 4.69) is 27.5 Å². The summed E-state index contributed by atoms with van der Waals surface area (Å²) in [5, 5.41) is 7.52. The minimum absolute atomic E-state index is 0.0432. The number of halogens is 3. The number of aryl methyl sites for hydroxylation is 2. The number of benzene rings is 1. The summed E-state index contributed by atoms with van der Waals surface area (Å²) in [6.45, 7) is 6.39. The molecule has 1 aromatic carbocycles. The van der Waals surface area contributed by atoms with Gasteiger partial charge in [0.15, 0.2) is 24.1 Å². The van der Waals surface area contributed by atoms with Crippen molar-refractivity contribution < 1.29 is 22.6 Å². The summed E-state index contributed by atoms with van der Waals surface area (Å²) in [5.74, 6) is 0.930. The lowest BCUT2D eigenvalue weighted by Crippen LogP contribution is -2.38. The Morgan fingerprint density at radius 3 is 2.57 bits per heavy atom. The van der Waals surface area contributed by atoms with Gasteiger partial charge in [0.1, 0.15) is 0 Å². The largest absolute Gasteiger partial charge is 0.493 e. The number of nitrogens with zero attached hydrogens (tertiary/aromatic N) is 2. The molecule has 2 N–H and O–H groups in total. The van der Waals surface area contributed by atoms with E-state index in [-0.39, 0.29) is 11.5 Å². The summed E-state index contributed by atoms with van der Waals surface area (Å²) in [6.07, 6.45) is -3.61. The summed E-state index contributed by atoms with van der Waals surface area (Å²) < 4.78 is 47.1. The number of aliphatic imine (C=N–C) groups is 1. The quantitative estimate of drug-likeness (QED) is 0.452. The molecule has 6 nitrogen and oxygen atoms in total. The van der Waals surface area contributed by atoms with Crippen LogP contribution in [0.5, 0.6) is 11.5 Å². The molecule has 1 aromatic heterocycles. The van der Waals surface area contributed by atoms with Gasteiger partial charge < -0.3 is 20.1 Å². The van der Waals surface area contributed by atoms with Crippen LogP contribution in [0.2, 0.25) is 0 Å². The highest BCUT2D eigenvalue weighted by Gasteiger charge is 2.29. The van der Waals surface area contributed by atoms with Gasteiger partial charge in [-0.2, -0.15) is 13.2 Å². The number of ether oxygens (including phenoxy) is 2. The predicted molar refractivity (Wildman–Crippen MR) is 113 cm³/mol. The Morgan fingerprint density at radius 2 is 1.97 bits per heavy atom. The lowest BCUT2D eigenvalue weighted by molar-refractivity contribution is -0.153. The molecule has 0 aliphatic carbocycles. The number of thiazole rings is 1. The smallest absolute Gasteiger partial charge is 0.422 e. The van der Waals surface area contributed by atoms with E-state index < -0.39 is 12.8 Å². The van der Waals surface area contributed by atoms with E-state index in [0.717, 1.165) is 22.7 Å². The molecular formula is C20H27F3N4O2S. The second-order valence-electron chi connectivity index (χ2n) is 6.51. The first kappa shape index (κ1) is 23.8. The van der Waals surface area contributed by atoms with Gasteiger partial charge in [0, 0.05) is 24.4 Å². The number of aromatic nitrogens is 1. The molecule has 0 bridgehead atoms. The molecule has 0 saturated carbocycles. The van der Waals surface area contributed by atoms with Crippen LogP contribution in [0.3, 0.4) is 0 Å². The summed E-state index contributed by atoms with van der Waals surface area (Å²) in [7, 11) is 1.39. The van der Waals surface area contributed by atoms with Gasteiger partial charge in [-0.25, -0.2) is 9.98 Å². The maximum Gasteiger partial charge on any atom is 0.422 e. The van der Waals surface area contributed by atoms with Crippen molar-refractivity contribution in [2.75, 3.05) is 26.8 Å². The Morgan fingerprint density at radius 1 is 1.20 bits per heavy atom. The Bertz CT molecular complexity index is 834. The Hall–Kier alpha value is -2.49. The zero-order valence-corrected chi connectivity index (χ0v) is 18.3. The van der Waals surface area contributed by atoms with Crippen LogP contribution >= 0.6 is 11.3 Å². The average Bonchev–Trinajstić information content (AvgIpc) is 3.01. The van der Waals surface area contributed by atoms with E-state index in [1.54, 1.807) is 23.5 Å². The van der Waals surface area contributed by atoms with Crippen molar-refractivity contribution in [2.45, 2.75) is 39.9 Å². The van der Waals surface area contributed by atoms with E-state index in [1.165, 1.54) is 18.1 Å². The van der Waals surface area contributed by atoms with Crippen LogP contribution in [0.15, 0.2) is 23.2 Å². The lowest BCUT2D eigenvalue weighted by atomic mass is 10.2. The monoisotopic (exact) mass is 444 g/mol. The highest BCUT2D eigenvalue weighted by Crippen LogP contribution is 2.30. The number of alkyl halides is 3. The first-order valence-electron chi connectivity index (χ1n) is 9.53. The third kappa shape index (κ3) is 7.74. The van der Waals surface area contributed by atoms with Crippen molar-refractivity contribution in [3.05, 3.63) is 39.3 Å². The molecule has 0 aliphatic heterocycles. The van der Waals surface area contributed by atoms with E-state index in [0.29, 0.717) is 25.6 Å². The molecule has 166 valence electrons. The van der Waals surface area contributed by atoms with Gasteiger partial charge in [-0.05, 0) is 38.5 Å². The van der Waals surface area contributed by atoms with Crippen LogP contribution in [0.25, 0.3) is 0 Å². The number of methoxy groups -OCH3 is 1. The molecule has 0 saturated heterocycles. The van der Waals surface area contributed by atoms with Crippen molar-refractivity contribution in [1.82, 2.24) is 15.6 Å². The molecule has 0 aliphatic rings. The van der Waals surface area contributed by atoms with E-state index in [1.807, 2.05) is 13.8 Å². The first-order valence-corrected chi connectivity index (χ1v) is 10.3. The molecule has 0 atom stereocenters. The minimum Gasteiger partial charge on any atom is -0.493 e. The molecule has 2 rings (SSSR count). The van der Waals surface area contributed by atoms with Gasteiger partial charge in [-0.3, -0.25) is 0 Å². The van der Waals surface area contributed by atoms with Gasteiger partial charge in [-0.15, -0.1) is 11.3 Å². The van der Waals surface area contributed by atoms with Gasteiger partial charge >= 0.3 is 6.18 Å². The topological polar surface area (TPSA) is 67.8 Å². The van der Waals surface area contributed by atoms with Crippen LogP contribution in [0.4, 0.5) is 13.2 Å². The van der Waals surface area contributed by atoms with Gasteiger partial charge in [-0.1, -0.05) is 6.07 Å². The SMILES string of the molecule is CCNC(=NCc1ccc(OCC(F)(F)F)c(OC)c1)NCCc1nc(C)c(C)s1. The standard InChI is InChI=1S/C20H27F3N4O2S/c1-5-24-19(25-9-8-18-27-13(2)14(3)30-18)26-11-15-6-7-16(17(10-15)28-4)29-12-20(21,22)23/h6-7,10H,5,8-9,11-12H2,1-4H3,(H2,24,25,26). The average molecular weight is 445 g/mol. The maximum absolute atomic E-state index is 12.4. The Balaban J connectivity index is 1.97. The minimum atomic E-state index is -4.41. The van der Waals surface area contributed by atoms with Crippen molar-refractivity contribution >= 4 is 17.3 Å². The van der Waals surface area contributed by atoms with Crippen LogP contribution in [-0.4, -0.2) is 43.9 Å². The highest BCUT2D eigenvalue weighted by molar-refractivity contribution is 7.11. The third-order valence-electron chi connectivity index (χ3n) is 4.09. The Kier molecular flexibility index (Phi) is 8.76. The van der Waals surface area contributed by atoms with Gasteiger partial charge in [0.25, 0.3) is 0 Å². The molecule has 10 heteroatoms.